The second kappa shape index (κ2) is 9.42. The van der Waals surface area contributed by atoms with Crippen molar-refractivity contribution in [2.24, 2.45) is 0 Å². The smallest absolute Gasteiger partial charge is 0.247 e. The van der Waals surface area contributed by atoms with Crippen molar-refractivity contribution in [2.45, 2.75) is 12.6 Å². The minimum atomic E-state index is -0.254. The third-order valence-corrected chi connectivity index (χ3v) is 5.90. The van der Waals surface area contributed by atoms with Gasteiger partial charge in [0.1, 0.15) is 11.9 Å². The van der Waals surface area contributed by atoms with E-state index in [0.29, 0.717) is 11.8 Å². The summed E-state index contributed by atoms with van der Waals surface area (Å²) in [6, 6.07) is 26.7. The van der Waals surface area contributed by atoms with Crippen LogP contribution in [0.5, 0.6) is 0 Å². The second-order valence-corrected chi connectivity index (χ2v) is 8.06. The number of benzene rings is 3. The van der Waals surface area contributed by atoms with Crippen molar-refractivity contribution in [3.63, 3.8) is 0 Å². The summed E-state index contributed by atoms with van der Waals surface area (Å²) < 4.78 is 19.7. The van der Waals surface area contributed by atoms with Gasteiger partial charge in [-0.3, -0.25) is 9.80 Å². The van der Waals surface area contributed by atoms with Gasteiger partial charge >= 0.3 is 0 Å². The highest BCUT2D eigenvalue weighted by molar-refractivity contribution is 5.51. The molecule has 1 aromatic heterocycles. The number of hydrogen-bond acceptors (Lipinski definition) is 5. The lowest BCUT2D eigenvalue weighted by Gasteiger charge is -2.38. The molecule has 32 heavy (non-hydrogen) atoms. The Kier molecular flexibility index (Phi) is 6.05. The first-order valence-electron chi connectivity index (χ1n) is 10.9. The van der Waals surface area contributed by atoms with Crippen LogP contribution in [0, 0.1) is 5.82 Å². The summed E-state index contributed by atoms with van der Waals surface area (Å²) in [5.41, 5.74) is 3.16. The summed E-state index contributed by atoms with van der Waals surface area (Å²) in [7, 11) is 0. The first kappa shape index (κ1) is 20.5. The maximum Gasteiger partial charge on any atom is 0.247 e. The minimum Gasteiger partial charge on any atom is -0.419 e. The summed E-state index contributed by atoms with van der Waals surface area (Å²) in [6.45, 7) is 4.53. The van der Waals surface area contributed by atoms with E-state index in [9.17, 15) is 4.39 Å². The van der Waals surface area contributed by atoms with Crippen molar-refractivity contribution >= 4 is 0 Å². The summed E-state index contributed by atoms with van der Waals surface area (Å²) >= 11 is 0. The van der Waals surface area contributed by atoms with Crippen LogP contribution < -0.4 is 0 Å². The summed E-state index contributed by atoms with van der Waals surface area (Å²) in [4.78, 5) is 4.80. The van der Waals surface area contributed by atoms with Gasteiger partial charge < -0.3 is 4.42 Å². The van der Waals surface area contributed by atoms with E-state index in [1.165, 1.54) is 17.7 Å². The van der Waals surface area contributed by atoms with Gasteiger partial charge in [-0.15, -0.1) is 10.2 Å². The van der Waals surface area contributed by atoms with Gasteiger partial charge in [-0.25, -0.2) is 4.39 Å². The van der Waals surface area contributed by atoms with Crippen molar-refractivity contribution in [1.29, 1.82) is 0 Å². The fourth-order valence-corrected chi connectivity index (χ4v) is 4.22. The van der Waals surface area contributed by atoms with Crippen LogP contribution in [-0.4, -0.2) is 46.2 Å². The van der Waals surface area contributed by atoms with E-state index in [0.717, 1.165) is 43.9 Å². The Balaban J connectivity index is 1.37. The summed E-state index contributed by atoms with van der Waals surface area (Å²) in [6.07, 6.45) is 0. The third kappa shape index (κ3) is 4.61. The Morgan fingerprint density at radius 2 is 1.44 bits per heavy atom. The summed E-state index contributed by atoms with van der Waals surface area (Å²) in [5.74, 6) is 0.776. The van der Waals surface area contributed by atoms with Gasteiger partial charge in [-0.2, -0.15) is 0 Å². The quantitative estimate of drug-likeness (QED) is 0.442. The fourth-order valence-electron chi connectivity index (χ4n) is 4.22. The van der Waals surface area contributed by atoms with Gasteiger partial charge in [0, 0.05) is 38.3 Å². The number of aromatic nitrogens is 2. The maximum absolute atomic E-state index is 13.6. The number of nitrogens with zero attached hydrogens (tertiary/aromatic N) is 4. The highest BCUT2D eigenvalue weighted by Crippen LogP contribution is 2.31. The predicted molar refractivity (Wildman–Crippen MR) is 121 cm³/mol. The molecule has 0 aliphatic carbocycles. The number of hydrogen-bond donors (Lipinski definition) is 0. The normalized spacial score (nSPS) is 16.2. The molecule has 1 aliphatic heterocycles. The van der Waals surface area contributed by atoms with Crippen LogP contribution in [0.15, 0.2) is 89.3 Å². The van der Waals surface area contributed by atoms with Crippen molar-refractivity contribution in [2.75, 3.05) is 26.2 Å². The van der Waals surface area contributed by atoms with Crippen molar-refractivity contribution in [1.82, 2.24) is 20.0 Å². The Labute approximate surface area is 187 Å². The molecule has 5 rings (SSSR count). The topological polar surface area (TPSA) is 45.4 Å². The lowest BCUT2D eigenvalue weighted by atomic mass is 10.0. The highest BCUT2D eigenvalue weighted by Gasteiger charge is 2.30. The molecule has 4 aromatic rings. The minimum absolute atomic E-state index is 0.209. The molecule has 0 bridgehead atoms. The zero-order valence-corrected chi connectivity index (χ0v) is 17.8. The molecular formula is C26H25FN4O. The molecule has 3 aromatic carbocycles. The Morgan fingerprint density at radius 1 is 0.781 bits per heavy atom. The molecule has 0 amide bonds. The molecule has 0 N–H and O–H groups in total. The van der Waals surface area contributed by atoms with Gasteiger partial charge in [0.2, 0.25) is 11.8 Å². The van der Waals surface area contributed by atoms with Crippen LogP contribution in [0.25, 0.3) is 11.5 Å². The van der Waals surface area contributed by atoms with E-state index in [1.807, 2.05) is 48.5 Å². The molecule has 0 radical (unpaired) electrons. The van der Waals surface area contributed by atoms with Gasteiger partial charge in [0.05, 0.1) is 0 Å². The number of rotatable bonds is 6. The van der Waals surface area contributed by atoms with E-state index < -0.39 is 0 Å². The maximum atomic E-state index is 13.6. The number of halogens is 1. The van der Waals surface area contributed by atoms with E-state index >= 15 is 0 Å². The molecule has 2 heterocycles. The molecule has 6 heteroatoms. The molecule has 1 saturated heterocycles. The molecule has 1 atom stereocenters. The summed E-state index contributed by atoms with van der Waals surface area (Å²) in [5, 5.41) is 8.68. The molecule has 1 fully saturated rings. The zero-order valence-electron chi connectivity index (χ0n) is 17.8. The Morgan fingerprint density at radius 3 is 2.12 bits per heavy atom. The lowest BCUT2D eigenvalue weighted by Crippen LogP contribution is -2.47. The zero-order chi connectivity index (χ0) is 21.8. The first-order valence-corrected chi connectivity index (χ1v) is 10.9. The molecular weight excluding hydrogens is 403 g/mol. The fraction of sp³-hybridized carbons (Fsp3) is 0.231. The highest BCUT2D eigenvalue weighted by atomic mass is 19.1. The van der Waals surface area contributed by atoms with Crippen LogP contribution in [0.4, 0.5) is 4.39 Å². The average molecular weight is 429 g/mol. The molecule has 0 unspecified atom stereocenters. The van der Waals surface area contributed by atoms with Gasteiger partial charge in [-0.1, -0.05) is 60.7 Å². The standard InChI is InChI=1S/C26H25FN4O/c27-23-13-11-21(12-14-23)24(26-29-28-25(32-26)22-9-5-2-6-10-22)31-17-15-30(16-18-31)19-20-7-3-1-4-8-20/h1-14,24H,15-19H2/t24-/m1/s1. The SMILES string of the molecule is Fc1ccc([C@H](c2nnc(-c3ccccc3)o2)N2CCN(Cc3ccccc3)CC2)cc1. The van der Waals surface area contributed by atoms with Crippen LogP contribution in [0.2, 0.25) is 0 Å². The molecule has 0 spiro atoms. The van der Waals surface area contributed by atoms with Gasteiger partial charge in [0.25, 0.3) is 0 Å². The van der Waals surface area contributed by atoms with E-state index in [4.69, 9.17) is 4.42 Å². The number of piperazine rings is 1. The van der Waals surface area contributed by atoms with E-state index in [-0.39, 0.29) is 11.9 Å². The van der Waals surface area contributed by atoms with Crippen LogP contribution in [0.1, 0.15) is 23.1 Å². The first-order chi connectivity index (χ1) is 15.8. The van der Waals surface area contributed by atoms with Crippen LogP contribution >= 0.6 is 0 Å². The molecule has 5 nitrogen and oxygen atoms in total. The van der Waals surface area contributed by atoms with E-state index in [2.05, 4.69) is 44.3 Å². The van der Waals surface area contributed by atoms with Crippen molar-refractivity contribution < 1.29 is 8.81 Å². The molecule has 0 saturated carbocycles. The molecule has 1 aliphatic rings. The van der Waals surface area contributed by atoms with Crippen LogP contribution in [-0.2, 0) is 6.54 Å². The molecule has 162 valence electrons. The Bertz CT molecular complexity index is 1120. The van der Waals surface area contributed by atoms with Gasteiger partial charge in [0.15, 0.2) is 0 Å². The average Bonchev–Trinajstić information content (AvgIpc) is 3.33. The van der Waals surface area contributed by atoms with Gasteiger partial charge in [-0.05, 0) is 35.4 Å². The monoisotopic (exact) mass is 428 g/mol. The van der Waals surface area contributed by atoms with E-state index in [1.54, 1.807) is 0 Å². The predicted octanol–water partition coefficient (Wildman–Crippen LogP) is 4.78. The third-order valence-electron chi connectivity index (χ3n) is 5.90. The lowest BCUT2D eigenvalue weighted by molar-refractivity contribution is 0.0952. The van der Waals surface area contributed by atoms with Crippen molar-refractivity contribution in [3.8, 4) is 11.5 Å². The largest absolute Gasteiger partial charge is 0.419 e. The second-order valence-electron chi connectivity index (χ2n) is 8.06. The Hall–Kier alpha value is -3.35. The van der Waals surface area contributed by atoms with Crippen LogP contribution in [0.3, 0.4) is 0 Å². The van der Waals surface area contributed by atoms with Crippen molar-refractivity contribution in [3.05, 3.63) is 108 Å².